The van der Waals surface area contributed by atoms with Crippen LogP contribution >= 0.6 is 22.9 Å². The van der Waals surface area contributed by atoms with Crippen LogP contribution in [0.4, 0.5) is 26.3 Å². The predicted molar refractivity (Wildman–Crippen MR) is 105 cm³/mol. The topological polar surface area (TPSA) is 58.8 Å². The number of aryl methyl sites for hydroxylation is 1. The highest BCUT2D eigenvalue weighted by Gasteiger charge is 2.33. The molecule has 3 rings (SSSR count). The molecule has 2 aromatic heterocycles. The number of nitriles is 1. The zero-order chi connectivity index (χ0) is 23.7. The molecule has 0 aliphatic heterocycles. The van der Waals surface area contributed by atoms with Gasteiger partial charge in [-0.25, -0.2) is 4.98 Å². The first-order chi connectivity index (χ1) is 14.9. The Morgan fingerprint density at radius 1 is 1.16 bits per heavy atom. The molecule has 0 bridgehead atoms. The summed E-state index contributed by atoms with van der Waals surface area (Å²) in [5.41, 5.74) is -0.0691. The second-order valence-corrected chi connectivity index (χ2v) is 7.99. The van der Waals surface area contributed by atoms with Crippen molar-refractivity contribution in [2.24, 2.45) is 0 Å². The Morgan fingerprint density at radius 2 is 1.88 bits per heavy atom. The van der Waals surface area contributed by atoms with Crippen molar-refractivity contribution < 1.29 is 31.1 Å². The lowest BCUT2D eigenvalue weighted by molar-refractivity contribution is -0.181. The number of hydrogen-bond donors (Lipinski definition) is 0. The van der Waals surface area contributed by atoms with E-state index in [1.54, 1.807) is 6.92 Å². The van der Waals surface area contributed by atoms with E-state index in [0.29, 0.717) is 10.6 Å². The molecule has 1 unspecified atom stereocenters. The summed E-state index contributed by atoms with van der Waals surface area (Å²) in [6, 6.07) is 7.95. The molecule has 0 saturated carbocycles. The van der Waals surface area contributed by atoms with Crippen LogP contribution in [0.25, 0.3) is 10.6 Å². The van der Waals surface area contributed by atoms with Gasteiger partial charge in [0.05, 0.1) is 21.2 Å². The maximum Gasteiger partial charge on any atom is 0.433 e. The van der Waals surface area contributed by atoms with Crippen LogP contribution in [0.2, 0.25) is 5.02 Å². The van der Waals surface area contributed by atoms with Gasteiger partial charge in [-0.05, 0) is 36.8 Å². The fourth-order valence-electron chi connectivity index (χ4n) is 2.75. The standard InChI is InChI=1S/C20H12ClF6N3OS/c1-10-17(32-18(30-10)13-4-5-15(29-8-13)20(25,26)27)16(31-9-19(22,23)24)11-2-3-12(7-28)14(21)6-11/h2-6,8,16H,9H2,1H3. The lowest BCUT2D eigenvalue weighted by Gasteiger charge is -2.19. The molecule has 0 amide bonds. The Balaban J connectivity index is 2.01. The van der Waals surface area contributed by atoms with E-state index >= 15 is 0 Å². The first-order valence-electron chi connectivity index (χ1n) is 8.78. The molecule has 0 aliphatic rings. The molecule has 2 heterocycles. The molecule has 1 aromatic carbocycles. The van der Waals surface area contributed by atoms with Crippen LogP contribution in [0.1, 0.15) is 33.5 Å². The SMILES string of the molecule is Cc1nc(-c2ccc(C(F)(F)F)nc2)sc1C(OCC(F)(F)F)c1ccc(C#N)c(Cl)c1. The maximum absolute atomic E-state index is 12.8. The lowest BCUT2D eigenvalue weighted by atomic mass is 10.0. The summed E-state index contributed by atoms with van der Waals surface area (Å²) in [6.07, 6.45) is -9.42. The normalized spacial score (nSPS) is 13.1. The lowest BCUT2D eigenvalue weighted by Crippen LogP contribution is -2.20. The Morgan fingerprint density at radius 3 is 2.41 bits per heavy atom. The summed E-state index contributed by atoms with van der Waals surface area (Å²) in [5, 5.41) is 9.32. The zero-order valence-corrected chi connectivity index (χ0v) is 17.6. The number of rotatable bonds is 5. The number of halogens is 7. The van der Waals surface area contributed by atoms with Crippen molar-refractivity contribution >= 4 is 22.9 Å². The molecular formula is C20H12ClF6N3OS. The molecule has 0 radical (unpaired) electrons. The molecule has 1 atom stereocenters. The number of ether oxygens (including phenoxy) is 1. The second-order valence-electron chi connectivity index (χ2n) is 6.56. The largest absolute Gasteiger partial charge is 0.433 e. The molecular weight excluding hydrogens is 480 g/mol. The first kappa shape index (κ1) is 24.0. The average molecular weight is 492 g/mol. The van der Waals surface area contributed by atoms with Gasteiger partial charge in [0, 0.05) is 11.8 Å². The highest BCUT2D eigenvalue weighted by molar-refractivity contribution is 7.15. The van der Waals surface area contributed by atoms with Gasteiger partial charge in [-0.15, -0.1) is 11.3 Å². The smallest absolute Gasteiger partial charge is 0.358 e. The Hall–Kier alpha value is -2.68. The minimum atomic E-state index is -4.60. The highest BCUT2D eigenvalue weighted by atomic mass is 35.5. The summed E-state index contributed by atoms with van der Waals surface area (Å²) in [4.78, 5) is 7.96. The molecule has 12 heteroatoms. The molecule has 0 aliphatic carbocycles. The number of alkyl halides is 6. The molecule has 0 saturated heterocycles. The minimum Gasteiger partial charge on any atom is -0.358 e. The summed E-state index contributed by atoms with van der Waals surface area (Å²) in [7, 11) is 0. The van der Waals surface area contributed by atoms with Crippen LogP contribution in [0.3, 0.4) is 0 Å². The van der Waals surface area contributed by atoms with Gasteiger partial charge in [-0.3, -0.25) is 4.98 Å². The first-order valence-corrected chi connectivity index (χ1v) is 9.97. The second kappa shape index (κ2) is 9.05. The van der Waals surface area contributed by atoms with E-state index in [-0.39, 0.29) is 26.7 Å². The van der Waals surface area contributed by atoms with E-state index in [4.69, 9.17) is 21.6 Å². The summed E-state index contributed by atoms with van der Waals surface area (Å²) >= 11 is 6.99. The van der Waals surface area contributed by atoms with Gasteiger partial charge >= 0.3 is 12.4 Å². The number of aromatic nitrogens is 2. The number of hydrogen-bond acceptors (Lipinski definition) is 5. The van der Waals surface area contributed by atoms with Gasteiger partial charge in [0.2, 0.25) is 0 Å². The van der Waals surface area contributed by atoms with E-state index < -0.39 is 30.8 Å². The number of thiazole rings is 1. The molecule has 4 nitrogen and oxygen atoms in total. The van der Waals surface area contributed by atoms with Crippen LogP contribution < -0.4 is 0 Å². The van der Waals surface area contributed by atoms with Gasteiger partial charge in [0.1, 0.15) is 29.5 Å². The average Bonchev–Trinajstić information content (AvgIpc) is 3.08. The number of benzene rings is 1. The van der Waals surface area contributed by atoms with E-state index in [2.05, 4.69) is 9.97 Å². The Bertz CT molecular complexity index is 1150. The maximum atomic E-state index is 12.8. The minimum absolute atomic E-state index is 0.0416. The van der Waals surface area contributed by atoms with E-state index in [1.807, 2.05) is 6.07 Å². The quantitative estimate of drug-likeness (QED) is 0.371. The van der Waals surface area contributed by atoms with Crippen LogP contribution in [0.5, 0.6) is 0 Å². The van der Waals surface area contributed by atoms with E-state index in [0.717, 1.165) is 23.6 Å². The molecule has 3 aromatic rings. The van der Waals surface area contributed by atoms with Gasteiger partial charge in [0.25, 0.3) is 0 Å². The summed E-state index contributed by atoms with van der Waals surface area (Å²) in [6.45, 7) is -0.00809. The Labute approximate surface area is 187 Å². The number of nitrogens with zero attached hydrogens (tertiary/aromatic N) is 3. The fourth-order valence-corrected chi connectivity index (χ4v) is 4.11. The van der Waals surface area contributed by atoms with Crippen molar-refractivity contribution in [2.75, 3.05) is 6.61 Å². The molecule has 32 heavy (non-hydrogen) atoms. The van der Waals surface area contributed by atoms with Gasteiger partial charge < -0.3 is 4.74 Å². The molecule has 0 N–H and O–H groups in total. The Kier molecular flexibility index (Phi) is 6.78. The van der Waals surface area contributed by atoms with Crippen molar-refractivity contribution in [2.45, 2.75) is 25.4 Å². The third-order valence-corrected chi connectivity index (χ3v) is 5.76. The predicted octanol–water partition coefficient (Wildman–Crippen LogP) is 6.73. The van der Waals surface area contributed by atoms with Crippen LogP contribution in [0, 0.1) is 18.3 Å². The monoisotopic (exact) mass is 491 g/mol. The fraction of sp³-hybridized carbons (Fsp3) is 0.250. The van der Waals surface area contributed by atoms with Crippen molar-refractivity contribution in [3.05, 3.63) is 68.9 Å². The molecule has 168 valence electrons. The van der Waals surface area contributed by atoms with Crippen LogP contribution in [-0.2, 0) is 10.9 Å². The van der Waals surface area contributed by atoms with Crippen molar-refractivity contribution in [1.29, 1.82) is 5.26 Å². The van der Waals surface area contributed by atoms with Gasteiger partial charge in [-0.2, -0.15) is 31.6 Å². The molecule has 0 spiro atoms. The highest BCUT2D eigenvalue weighted by Crippen LogP contribution is 2.39. The third-order valence-electron chi connectivity index (χ3n) is 4.20. The van der Waals surface area contributed by atoms with Gasteiger partial charge in [0.15, 0.2) is 0 Å². The van der Waals surface area contributed by atoms with Crippen molar-refractivity contribution in [3.63, 3.8) is 0 Å². The van der Waals surface area contributed by atoms with Crippen molar-refractivity contribution in [3.8, 4) is 16.6 Å². The summed E-state index contributed by atoms with van der Waals surface area (Å²) < 4.78 is 81.9. The van der Waals surface area contributed by atoms with Crippen LogP contribution in [-0.4, -0.2) is 22.8 Å². The van der Waals surface area contributed by atoms with Crippen molar-refractivity contribution in [1.82, 2.24) is 9.97 Å². The van der Waals surface area contributed by atoms with Gasteiger partial charge in [-0.1, -0.05) is 17.7 Å². The van der Waals surface area contributed by atoms with E-state index in [1.165, 1.54) is 24.3 Å². The zero-order valence-electron chi connectivity index (χ0n) is 16.1. The van der Waals surface area contributed by atoms with E-state index in [9.17, 15) is 26.3 Å². The molecule has 0 fully saturated rings. The third kappa shape index (κ3) is 5.56. The number of pyridine rings is 1. The van der Waals surface area contributed by atoms with Crippen LogP contribution in [0.15, 0.2) is 36.5 Å². The summed E-state index contributed by atoms with van der Waals surface area (Å²) in [5.74, 6) is 0.